The Balaban J connectivity index is 1.39. The first-order valence-corrected chi connectivity index (χ1v) is 12.1. The van der Waals surface area contributed by atoms with Crippen LogP contribution in [0.15, 0.2) is 83.4 Å². The second-order valence-corrected chi connectivity index (χ2v) is 9.37. The highest BCUT2D eigenvalue weighted by molar-refractivity contribution is 5.85. The van der Waals surface area contributed by atoms with Crippen LogP contribution < -0.4 is 5.32 Å². The van der Waals surface area contributed by atoms with E-state index in [9.17, 15) is 4.79 Å². The zero-order valence-electron chi connectivity index (χ0n) is 21.0. The molecule has 5 nitrogen and oxygen atoms in total. The van der Waals surface area contributed by atoms with E-state index in [1.165, 1.54) is 5.56 Å². The number of rotatable bonds is 6. The van der Waals surface area contributed by atoms with Crippen LogP contribution in [0, 0.1) is 27.7 Å². The molecular weight excluding hydrogens is 446 g/mol. The Bertz CT molecular complexity index is 1530. The van der Waals surface area contributed by atoms with E-state index in [0.29, 0.717) is 0 Å². The Morgan fingerprint density at radius 2 is 1.72 bits per heavy atom. The molecule has 1 N–H and O–H groups in total. The lowest BCUT2D eigenvalue weighted by molar-refractivity contribution is -0.120. The van der Waals surface area contributed by atoms with Gasteiger partial charge in [-0.05, 0) is 68.1 Å². The molecule has 1 unspecified atom stereocenters. The van der Waals surface area contributed by atoms with Crippen LogP contribution in [0.3, 0.4) is 0 Å². The Kier molecular flexibility index (Phi) is 6.38. The lowest BCUT2D eigenvalue weighted by Gasteiger charge is -2.22. The number of benzene rings is 3. The topological polar surface area (TPSA) is 68.0 Å². The van der Waals surface area contributed by atoms with Gasteiger partial charge in [0.25, 0.3) is 0 Å². The predicted molar refractivity (Wildman–Crippen MR) is 143 cm³/mol. The third-order valence-corrected chi connectivity index (χ3v) is 6.58. The summed E-state index contributed by atoms with van der Waals surface area (Å²) in [6.45, 7) is 7.99. The molecule has 1 atom stereocenters. The highest BCUT2D eigenvalue weighted by atomic mass is 16.5. The SMILES string of the molecule is Cc1ccc(C(NC(=O)Cc2ccc3nc(-c4c(C)noc4C)ccc3c2)c2ccccc2)c(C)c1. The third-order valence-electron chi connectivity index (χ3n) is 6.58. The van der Waals surface area contributed by atoms with Crippen molar-refractivity contribution in [2.24, 2.45) is 0 Å². The van der Waals surface area contributed by atoms with E-state index in [2.05, 4.69) is 54.7 Å². The summed E-state index contributed by atoms with van der Waals surface area (Å²) in [4.78, 5) is 18.0. The van der Waals surface area contributed by atoms with Crippen LogP contribution >= 0.6 is 0 Å². The van der Waals surface area contributed by atoms with Crippen LogP contribution in [0.1, 0.15) is 45.3 Å². The van der Waals surface area contributed by atoms with Gasteiger partial charge in [-0.3, -0.25) is 4.79 Å². The monoisotopic (exact) mass is 475 g/mol. The minimum Gasteiger partial charge on any atom is -0.361 e. The van der Waals surface area contributed by atoms with Crippen molar-refractivity contribution < 1.29 is 9.32 Å². The van der Waals surface area contributed by atoms with Gasteiger partial charge in [0.05, 0.1) is 34.9 Å². The highest BCUT2D eigenvalue weighted by Gasteiger charge is 2.19. The molecule has 36 heavy (non-hydrogen) atoms. The summed E-state index contributed by atoms with van der Waals surface area (Å²) in [5, 5.41) is 8.30. The molecule has 0 saturated heterocycles. The average Bonchev–Trinajstić information content (AvgIpc) is 3.21. The second kappa shape index (κ2) is 9.78. The molecule has 0 fully saturated rings. The van der Waals surface area contributed by atoms with Gasteiger partial charge in [-0.2, -0.15) is 0 Å². The van der Waals surface area contributed by atoms with Gasteiger partial charge in [0.2, 0.25) is 5.91 Å². The maximum Gasteiger partial charge on any atom is 0.225 e. The molecule has 0 aliphatic heterocycles. The number of carbonyl (C=O) groups excluding carboxylic acids is 1. The standard InChI is InChI=1S/C31H29N3O2/c1-19-10-13-26(20(2)16-19)31(24-8-6-5-7-9-24)33-29(35)18-23-11-14-27-25(17-23)12-15-28(32-27)30-21(3)34-36-22(30)4/h5-17,31H,18H2,1-4H3,(H,33,35). The number of nitrogens with one attached hydrogen (secondary N) is 1. The molecule has 0 radical (unpaired) electrons. The van der Waals surface area contributed by atoms with Crippen molar-refractivity contribution in [1.29, 1.82) is 0 Å². The van der Waals surface area contributed by atoms with E-state index in [-0.39, 0.29) is 18.4 Å². The minimum atomic E-state index is -0.209. The van der Waals surface area contributed by atoms with Crippen molar-refractivity contribution in [2.75, 3.05) is 0 Å². The van der Waals surface area contributed by atoms with Crippen molar-refractivity contribution in [3.05, 3.63) is 118 Å². The molecular formula is C31H29N3O2. The summed E-state index contributed by atoms with van der Waals surface area (Å²) in [7, 11) is 0. The molecule has 0 bridgehead atoms. The quantitative estimate of drug-likeness (QED) is 0.301. The molecule has 0 spiro atoms. The molecule has 1 amide bonds. The first kappa shape index (κ1) is 23.5. The number of nitrogens with zero attached hydrogens (tertiary/aromatic N) is 2. The van der Waals surface area contributed by atoms with Crippen LogP contribution in [0.25, 0.3) is 22.2 Å². The fourth-order valence-corrected chi connectivity index (χ4v) is 4.81. The fourth-order valence-electron chi connectivity index (χ4n) is 4.81. The normalized spacial score (nSPS) is 12.0. The van der Waals surface area contributed by atoms with E-state index in [1.807, 2.05) is 62.4 Å². The van der Waals surface area contributed by atoms with Gasteiger partial charge in [0.15, 0.2) is 0 Å². The number of hydrogen-bond acceptors (Lipinski definition) is 4. The van der Waals surface area contributed by atoms with Crippen LogP contribution in [0.4, 0.5) is 0 Å². The molecule has 180 valence electrons. The smallest absolute Gasteiger partial charge is 0.225 e. The van der Waals surface area contributed by atoms with Crippen LogP contribution in [-0.4, -0.2) is 16.0 Å². The summed E-state index contributed by atoms with van der Waals surface area (Å²) in [6.07, 6.45) is 0.288. The molecule has 0 aliphatic rings. The lowest BCUT2D eigenvalue weighted by atomic mass is 9.93. The molecule has 2 aromatic heterocycles. The molecule has 0 saturated carbocycles. The summed E-state index contributed by atoms with van der Waals surface area (Å²) in [6, 6.07) is 26.3. The van der Waals surface area contributed by atoms with E-state index in [4.69, 9.17) is 9.51 Å². The van der Waals surface area contributed by atoms with Crippen molar-refractivity contribution in [2.45, 2.75) is 40.2 Å². The Morgan fingerprint density at radius 1 is 0.917 bits per heavy atom. The van der Waals surface area contributed by atoms with Gasteiger partial charge in [0.1, 0.15) is 5.76 Å². The number of carbonyl (C=O) groups is 1. The van der Waals surface area contributed by atoms with Gasteiger partial charge in [-0.25, -0.2) is 4.98 Å². The number of amides is 1. The van der Waals surface area contributed by atoms with E-state index in [0.717, 1.165) is 55.9 Å². The van der Waals surface area contributed by atoms with Crippen molar-refractivity contribution in [3.63, 3.8) is 0 Å². The third kappa shape index (κ3) is 4.78. The number of fused-ring (bicyclic) bond motifs is 1. The van der Waals surface area contributed by atoms with Gasteiger partial charge < -0.3 is 9.84 Å². The number of pyridine rings is 1. The largest absolute Gasteiger partial charge is 0.361 e. The Hall–Kier alpha value is -4.25. The molecule has 3 aromatic carbocycles. The Morgan fingerprint density at radius 3 is 2.44 bits per heavy atom. The van der Waals surface area contributed by atoms with E-state index >= 15 is 0 Å². The summed E-state index contributed by atoms with van der Waals surface area (Å²) in [5.41, 5.74) is 8.94. The summed E-state index contributed by atoms with van der Waals surface area (Å²) < 4.78 is 5.30. The molecule has 5 rings (SSSR count). The zero-order chi connectivity index (χ0) is 25.2. The van der Waals surface area contributed by atoms with Crippen molar-refractivity contribution in [1.82, 2.24) is 15.5 Å². The highest BCUT2D eigenvalue weighted by Crippen LogP contribution is 2.28. The molecule has 2 heterocycles. The van der Waals surface area contributed by atoms with Gasteiger partial charge in [-0.1, -0.05) is 71.4 Å². The summed E-state index contributed by atoms with van der Waals surface area (Å²) in [5.74, 6) is 0.730. The lowest BCUT2D eigenvalue weighted by Crippen LogP contribution is -2.31. The Labute approximate surface area is 211 Å². The average molecular weight is 476 g/mol. The maximum absolute atomic E-state index is 13.2. The summed E-state index contributed by atoms with van der Waals surface area (Å²) >= 11 is 0. The van der Waals surface area contributed by atoms with Gasteiger partial charge in [0, 0.05) is 5.39 Å². The van der Waals surface area contributed by atoms with Crippen molar-refractivity contribution >= 4 is 16.8 Å². The van der Waals surface area contributed by atoms with Crippen LogP contribution in [0.5, 0.6) is 0 Å². The minimum absolute atomic E-state index is 0.0246. The predicted octanol–water partition coefficient (Wildman–Crippen LogP) is 6.57. The zero-order valence-corrected chi connectivity index (χ0v) is 21.0. The maximum atomic E-state index is 13.2. The van der Waals surface area contributed by atoms with Gasteiger partial charge in [-0.15, -0.1) is 0 Å². The van der Waals surface area contributed by atoms with Gasteiger partial charge >= 0.3 is 0 Å². The van der Waals surface area contributed by atoms with Crippen molar-refractivity contribution in [3.8, 4) is 11.3 Å². The molecule has 0 aliphatic carbocycles. The van der Waals surface area contributed by atoms with E-state index < -0.39 is 0 Å². The van der Waals surface area contributed by atoms with E-state index in [1.54, 1.807) is 0 Å². The second-order valence-electron chi connectivity index (χ2n) is 9.37. The van der Waals surface area contributed by atoms with Crippen LogP contribution in [0.2, 0.25) is 0 Å². The molecule has 5 aromatic rings. The number of hydrogen-bond donors (Lipinski definition) is 1. The number of aryl methyl sites for hydroxylation is 4. The first-order valence-electron chi connectivity index (χ1n) is 12.1. The number of aromatic nitrogens is 2. The molecule has 5 heteroatoms. The fraction of sp³-hybridized carbons (Fsp3) is 0.194. The first-order chi connectivity index (χ1) is 17.4. The van der Waals surface area contributed by atoms with Crippen LogP contribution in [-0.2, 0) is 11.2 Å².